The molecular weight excluding hydrogens is 252 g/mol. The maximum Gasteiger partial charge on any atom is 0.176 e. The molecule has 0 aliphatic rings. The lowest BCUT2D eigenvalue weighted by molar-refractivity contribution is -0.155. The Labute approximate surface area is 112 Å². The standard InChI is InChI=1S/C14H21F2NO2/c1-4-17-13(14(18-5-2)19-6-3)10-8-7-9-11(15)12(10)16/h7-9,13-14,17H,4-6H2,1-3H3. The van der Waals surface area contributed by atoms with Gasteiger partial charge in [0.05, 0.1) is 6.04 Å². The van der Waals surface area contributed by atoms with Gasteiger partial charge in [-0.25, -0.2) is 8.78 Å². The largest absolute Gasteiger partial charge is 0.351 e. The molecule has 0 heterocycles. The molecule has 0 aliphatic heterocycles. The van der Waals surface area contributed by atoms with Gasteiger partial charge in [0.1, 0.15) is 0 Å². The third kappa shape index (κ3) is 4.23. The SMILES string of the molecule is CCNC(c1cccc(F)c1F)C(OCC)OCC. The fraction of sp³-hybridized carbons (Fsp3) is 0.571. The summed E-state index contributed by atoms with van der Waals surface area (Å²) in [6.45, 7) is 7.01. The van der Waals surface area contributed by atoms with Crippen molar-refractivity contribution in [3.8, 4) is 0 Å². The minimum Gasteiger partial charge on any atom is -0.351 e. The molecule has 1 aromatic rings. The molecule has 1 aromatic carbocycles. The minimum atomic E-state index is -0.868. The number of nitrogens with one attached hydrogen (secondary N) is 1. The quantitative estimate of drug-likeness (QED) is 0.739. The van der Waals surface area contributed by atoms with Gasteiger partial charge < -0.3 is 14.8 Å². The Morgan fingerprint density at radius 3 is 2.26 bits per heavy atom. The number of ether oxygens (including phenoxy) is 2. The van der Waals surface area contributed by atoms with Crippen LogP contribution in [0.3, 0.4) is 0 Å². The number of rotatable bonds is 8. The molecule has 0 saturated heterocycles. The van der Waals surface area contributed by atoms with E-state index < -0.39 is 24.0 Å². The summed E-state index contributed by atoms with van der Waals surface area (Å²) >= 11 is 0. The van der Waals surface area contributed by atoms with Gasteiger partial charge in [-0.05, 0) is 26.5 Å². The fourth-order valence-electron chi connectivity index (χ4n) is 1.90. The van der Waals surface area contributed by atoms with Crippen molar-refractivity contribution in [3.05, 3.63) is 35.4 Å². The molecule has 1 rings (SSSR count). The first-order chi connectivity index (χ1) is 9.15. The van der Waals surface area contributed by atoms with E-state index in [0.717, 1.165) is 6.07 Å². The van der Waals surface area contributed by atoms with Gasteiger partial charge in [-0.15, -0.1) is 0 Å². The van der Waals surface area contributed by atoms with Crippen molar-refractivity contribution in [1.82, 2.24) is 5.32 Å². The lowest BCUT2D eigenvalue weighted by Crippen LogP contribution is -2.36. The van der Waals surface area contributed by atoms with Gasteiger partial charge in [-0.1, -0.05) is 19.1 Å². The van der Waals surface area contributed by atoms with Crippen LogP contribution < -0.4 is 5.32 Å². The molecule has 0 bridgehead atoms. The summed E-state index contributed by atoms with van der Waals surface area (Å²) in [5, 5.41) is 3.08. The number of benzene rings is 1. The monoisotopic (exact) mass is 273 g/mol. The van der Waals surface area contributed by atoms with Gasteiger partial charge in [-0.2, -0.15) is 0 Å². The molecule has 1 unspecified atom stereocenters. The Hall–Kier alpha value is -1.04. The maximum atomic E-state index is 13.9. The van der Waals surface area contributed by atoms with Gasteiger partial charge in [0, 0.05) is 18.8 Å². The van der Waals surface area contributed by atoms with Gasteiger partial charge in [0.2, 0.25) is 0 Å². The van der Waals surface area contributed by atoms with Crippen LogP contribution in [0.2, 0.25) is 0 Å². The molecule has 0 spiro atoms. The van der Waals surface area contributed by atoms with E-state index in [1.54, 1.807) is 0 Å². The Kier molecular flexibility index (Phi) is 6.91. The van der Waals surface area contributed by atoms with E-state index in [2.05, 4.69) is 5.32 Å². The van der Waals surface area contributed by atoms with Crippen molar-refractivity contribution < 1.29 is 18.3 Å². The molecule has 0 amide bonds. The minimum absolute atomic E-state index is 0.216. The van der Waals surface area contributed by atoms with Crippen LogP contribution in [-0.4, -0.2) is 26.0 Å². The summed E-state index contributed by atoms with van der Waals surface area (Å²) in [6, 6.07) is 3.57. The second-order valence-corrected chi connectivity index (χ2v) is 3.96. The molecule has 5 heteroatoms. The van der Waals surface area contributed by atoms with E-state index in [9.17, 15) is 8.78 Å². The van der Waals surface area contributed by atoms with Crippen molar-refractivity contribution >= 4 is 0 Å². The van der Waals surface area contributed by atoms with Gasteiger partial charge in [0.15, 0.2) is 17.9 Å². The van der Waals surface area contributed by atoms with Crippen molar-refractivity contribution in [2.24, 2.45) is 0 Å². The van der Waals surface area contributed by atoms with E-state index in [1.165, 1.54) is 12.1 Å². The summed E-state index contributed by atoms with van der Waals surface area (Å²) in [7, 11) is 0. The van der Waals surface area contributed by atoms with Crippen LogP contribution in [0.5, 0.6) is 0 Å². The second-order valence-electron chi connectivity index (χ2n) is 3.96. The van der Waals surface area contributed by atoms with E-state index >= 15 is 0 Å². The van der Waals surface area contributed by atoms with Crippen LogP contribution in [0.4, 0.5) is 8.78 Å². The van der Waals surface area contributed by atoms with Crippen LogP contribution in [-0.2, 0) is 9.47 Å². The molecule has 0 saturated carbocycles. The van der Waals surface area contributed by atoms with Crippen LogP contribution >= 0.6 is 0 Å². The lowest BCUT2D eigenvalue weighted by atomic mass is 10.1. The van der Waals surface area contributed by atoms with Crippen molar-refractivity contribution in [2.75, 3.05) is 19.8 Å². The van der Waals surface area contributed by atoms with E-state index in [1.807, 2.05) is 20.8 Å². The highest BCUT2D eigenvalue weighted by Crippen LogP contribution is 2.24. The van der Waals surface area contributed by atoms with Crippen molar-refractivity contribution in [1.29, 1.82) is 0 Å². The topological polar surface area (TPSA) is 30.5 Å². The number of likely N-dealkylation sites (N-methyl/N-ethyl adjacent to an activating group) is 1. The predicted molar refractivity (Wildman–Crippen MR) is 69.8 cm³/mol. The van der Waals surface area contributed by atoms with E-state index in [0.29, 0.717) is 19.8 Å². The average molecular weight is 273 g/mol. The molecule has 3 nitrogen and oxygen atoms in total. The Balaban J connectivity index is 3.06. The Bertz CT molecular complexity index is 382. The van der Waals surface area contributed by atoms with Crippen LogP contribution in [0.1, 0.15) is 32.4 Å². The predicted octanol–water partition coefficient (Wildman–Crippen LogP) is 3.01. The lowest BCUT2D eigenvalue weighted by Gasteiger charge is -2.28. The zero-order valence-electron chi connectivity index (χ0n) is 11.6. The van der Waals surface area contributed by atoms with Gasteiger partial charge in [0.25, 0.3) is 0 Å². The van der Waals surface area contributed by atoms with Gasteiger partial charge >= 0.3 is 0 Å². The first-order valence-electron chi connectivity index (χ1n) is 6.56. The zero-order valence-corrected chi connectivity index (χ0v) is 11.6. The Morgan fingerprint density at radius 2 is 1.74 bits per heavy atom. The molecule has 108 valence electrons. The molecule has 1 N–H and O–H groups in total. The summed E-state index contributed by atoms with van der Waals surface area (Å²) in [6.07, 6.45) is -0.647. The zero-order chi connectivity index (χ0) is 14.3. The second kappa shape index (κ2) is 8.19. The molecule has 19 heavy (non-hydrogen) atoms. The fourth-order valence-corrected chi connectivity index (χ4v) is 1.90. The summed E-state index contributed by atoms with van der Waals surface area (Å²) < 4.78 is 38.2. The van der Waals surface area contributed by atoms with E-state index in [-0.39, 0.29) is 5.56 Å². The van der Waals surface area contributed by atoms with Crippen molar-refractivity contribution in [3.63, 3.8) is 0 Å². The molecule has 0 fully saturated rings. The highest BCUT2D eigenvalue weighted by molar-refractivity contribution is 5.23. The number of hydrogen-bond donors (Lipinski definition) is 1. The number of hydrogen-bond acceptors (Lipinski definition) is 3. The summed E-state index contributed by atoms with van der Waals surface area (Å²) in [4.78, 5) is 0. The van der Waals surface area contributed by atoms with E-state index in [4.69, 9.17) is 9.47 Å². The first kappa shape index (κ1) is 16.0. The highest BCUT2D eigenvalue weighted by Gasteiger charge is 2.27. The normalized spacial score (nSPS) is 12.9. The van der Waals surface area contributed by atoms with Gasteiger partial charge in [-0.3, -0.25) is 0 Å². The number of halogens is 2. The third-order valence-electron chi connectivity index (χ3n) is 2.67. The van der Waals surface area contributed by atoms with Crippen molar-refractivity contribution in [2.45, 2.75) is 33.1 Å². The summed E-state index contributed by atoms with van der Waals surface area (Å²) in [5.41, 5.74) is 0.216. The Morgan fingerprint density at radius 1 is 1.11 bits per heavy atom. The third-order valence-corrected chi connectivity index (χ3v) is 2.67. The van der Waals surface area contributed by atoms with Crippen LogP contribution in [0, 0.1) is 11.6 Å². The summed E-state index contributed by atoms with van der Waals surface area (Å²) in [5.74, 6) is -1.73. The highest BCUT2D eigenvalue weighted by atomic mass is 19.2. The van der Waals surface area contributed by atoms with Crippen LogP contribution in [0.25, 0.3) is 0 Å². The first-order valence-corrected chi connectivity index (χ1v) is 6.56. The molecular formula is C14H21F2NO2. The molecule has 1 atom stereocenters. The molecule has 0 aromatic heterocycles. The smallest absolute Gasteiger partial charge is 0.176 e. The molecule has 0 radical (unpaired) electrons. The molecule has 0 aliphatic carbocycles. The van der Waals surface area contributed by atoms with Crippen LogP contribution in [0.15, 0.2) is 18.2 Å². The average Bonchev–Trinajstić information content (AvgIpc) is 2.40. The maximum absolute atomic E-state index is 13.9.